The Kier molecular flexibility index (Phi) is 4.13. The number of ether oxygens (including phenoxy) is 1. The molecule has 0 fully saturated rings. The Hall–Kier alpha value is -3.39. The van der Waals surface area contributed by atoms with Gasteiger partial charge < -0.3 is 34.0 Å². The molecule has 0 atom stereocenters. The van der Waals surface area contributed by atoms with E-state index < -0.39 is 16.8 Å². The number of hydrogen-bond donors (Lipinski definition) is 4. The van der Waals surface area contributed by atoms with E-state index in [0.717, 1.165) is 6.07 Å². The van der Waals surface area contributed by atoms with Gasteiger partial charge in [-0.15, -0.1) is 0 Å². The summed E-state index contributed by atoms with van der Waals surface area (Å²) >= 11 is 0. The SMILES string of the molecule is COc1cc2c(oc3oc4cc(O)cc(O)c4c(=O)c32)c(CCC(C)(C)O)c1O. The number of benzene rings is 2. The van der Waals surface area contributed by atoms with Crippen LogP contribution in [-0.2, 0) is 6.42 Å². The molecular weight excluding hydrogens is 380 g/mol. The first-order valence-electron chi connectivity index (χ1n) is 8.97. The predicted octanol–water partition coefficient (Wildman–Crippen LogP) is 3.52. The number of methoxy groups -OCH3 is 1. The average molecular weight is 400 g/mol. The summed E-state index contributed by atoms with van der Waals surface area (Å²) in [6.07, 6.45) is 0.570. The first-order valence-corrected chi connectivity index (χ1v) is 8.97. The zero-order valence-electron chi connectivity index (χ0n) is 16.1. The molecule has 0 amide bonds. The van der Waals surface area contributed by atoms with E-state index in [1.54, 1.807) is 13.8 Å². The van der Waals surface area contributed by atoms with Gasteiger partial charge in [0.15, 0.2) is 11.5 Å². The van der Waals surface area contributed by atoms with Crippen molar-refractivity contribution in [2.24, 2.45) is 0 Å². The number of aliphatic hydroxyl groups is 1. The first-order chi connectivity index (χ1) is 13.6. The van der Waals surface area contributed by atoms with Gasteiger partial charge in [0.2, 0.25) is 5.43 Å². The summed E-state index contributed by atoms with van der Waals surface area (Å²) < 4.78 is 16.6. The average Bonchev–Trinajstić information content (AvgIpc) is 2.96. The molecule has 2 aromatic heterocycles. The van der Waals surface area contributed by atoms with Crippen LogP contribution < -0.4 is 10.2 Å². The lowest BCUT2D eigenvalue weighted by Crippen LogP contribution is -2.19. The second kappa shape index (κ2) is 6.31. The van der Waals surface area contributed by atoms with E-state index in [1.165, 1.54) is 19.2 Å². The Morgan fingerprint density at radius 3 is 2.45 bits per heavy atom. The highest BCUT2D eigenvalue weighted by atomic mass is 16.5. The molecular formula is C21H20O8. The van der Waals surface area contributed by atoms with Crippen molar-refractivity contribution in [1.82, 2.24) is 0 Å². The topological polar surface area (TPSA) is 134 Å². The minimum absolute atomic E-state index is 0.0340. The summed E-state index contributed by atoms with van der Waals surface area (Å²) in [6.45, 7) is 3.29. The van der Waals surface area contributed by atoms with Gasteiger partial charge in [0.1, 0.15) is 33.4 Å². The number of furan rings is 1. The number of aryl methyl sites for hydroxylation is 1. The molecule has 4 rings (SSSR count). The molecule has 0 aliphatic carbocycles. The number of aromatic hydroxyl groups is 3. The number of phenols is 3. The molecule has 0 saturated heterocycles. The van der Waals surface area contributed by atoms with Crippen LogP contribution in [0, 0.1) is 0 Å². The van der Waals surface area contributed by atoms with Crippen LogP contribution in [0.5, 0.6) is 23.0 Å². The summed E-state index contributed by atoms with van der Waals surface area (Å²) in [6, 6.07) is 3.72. The molecule has 0 aliphatic rings. The van der Waals surface area contributed by atoms with Crippen LogP contribution in [0.4, 0.5) is 0 Å². The number of hydrogen-bond acceptors (Lipinski definition) is 8. The van der Waals surface area contributed by atoms with Crippen molar-refractivity contribution in [3.8, 4) is 23.0 Å². The van der Waals surface area contributed by atoms with Crippen LogP contribution in [0.2, 0.25) is 0 Å². The van der Waals surface area contributed by atoms with Gasteiger partial charge in [0, 0.05) is 23.1 Å². The van der Waals surface area contributed by atoms with Crippen molar-refractivity contribution < 1.29 is 34.0 Å². The molecule has 0 unspecified atom stereocenters. The number of phenolic OH excluding ortho intramolecular Hbond substituents is 3. The van der Waals surface area contributed by atoms with Crippen molar-refractivity contribution in [3.63, 3.8) is 0 Å². The molecule has 0 bridgehead atoms. The lowest BCUT2D eigenvalue weighted by Gasteiger charge is -2.17. The van der Waals surface area contributed by atoms with Crippen LogP contribution in [0.25, 0.3) is 33.1 Å². The summed E-state index contributed by atoms with van der Waals surface area (Å²) in [5, 5.41) is 40.8. The summed E-state index contributed by atoms with van der Waals surface area (Å²) in [4.78, 5) is 13.1. The molecule has 152 valence electrons. The molecule has 4 N–H and O–H groups in total. The van der Waals surface area contributed by atoms with E-state index in [4.69, 9.17) is 13.6 Å². The van der Waals surface area contributed by atoms with Crippen molar-refractivity contribution in [2.45, 2.75) is 32.3 Å². The maximum atomic E-state index is 13.1. The van der Waals surface area contributed by atoms with Crippen molar-refractivity contribution in [1.29, 1.82) is 0 Å². The predicted molar refractivity (Wildman–Crippen MR) is 106 cm³/mol. The number of rotatable bonds is 4. The third-order valence-electron chi connectivity index (χ3n) is 4.91. The van der Waals surface area contributed by atoms with Crippen molar-refractivity contribution >= 4 is 33.1 Å². The van der Waals surface area contributed by atoms with E-state index in [0.29, 0.717) is 17.4 Å². The smallest absolute Gasteiger partial charge is 0.302 e. The minimum Gasteiger partial charge on any atom is -0.508 e. The Balaban J connectivity index is 2.12. The zero-order chi connectivity index (χ0) is 21.1. The quantitative estimate of drug-likeness (QED) is 0.409. The van der Waals surface area contributed by atoms with Crippen LogP contribution in [-0.4, -0.2) is 33.1 Å². The standard InChI is InChI=1S/C21H20O8/c1-21(2,26)5-4-10-17(24)14(27-3)8-11-15-18(25)16-12(23)6-9(22)7-13(16)28-20(15)29-19(10)11/h6-8,22-24,26H,4-5H2,1-3H3. The lowest BCUT2D eigenvalue weighted by atomic mass is 9.96. The van der Waals surface area contributed by atoms with Gasteiger partial charge in [-0.1, -0.05) is 0 Å². The molecule has 8 heteroatoms. The Morgan fingerprint density at radius 1 is 1.07 bits per heavy atom. The maximum absolute atomic E-state index is 13.1. The minimum atomic E-state index is -0.986. The van der Waals surface area contributed by atoms with Crippen molar-refractivity contribution in [3.05, 3.63) is 34.0 Å². The molecule has 8 nitrogen and oxygen atoms in total. The third-order valence-corrected chi connectivity index (χ3v) is 4.91. The monoisotopic (exact) mass is 400 g/mol. The van der Waals surface area contributed by atoms with Gasteiger partial charge in [-0.05, 0) is 32.8 Å². The fourth-order valence-corrected chi connectivity index (χ4v) is 3.47. The fraction of sp³-hybridized carbons (Fsp3) is 0.286. The summed E-state index contributed by atoms with van der Waals surface area (Å²) in [7, 11) is 1.38. The van der Waals surface area contributed by atoms with Crippen LogP contribution in [0.15, 0.2) is 31.8 Å². The van der Waals surface area contributed by atoms with Crippen molar-refractivity contribution in [2.75, 3.05) is 7.11 Å². The van der Waals surface area contributed by atoms with Gasteiger partial charge in [-0.2, -0.15) is 0 Å². The first kappa shape index (κ1) is 18.9. The van der Waals surface area contributed by atoms with Crippen LogP contribution in [0.3, 0.4) is 0 Å². The molecule has 0 saturated carbocycles. The second-order valence-corrected chi connectivity index (χ2v) is 7.63. The van der Waals surface area contributed by atoms with Crippen LogP contribution >= 0.6 is 0 Å². The highest BCUT2D eigenvalue weighted by Gasteiger charge is 2.25. The fourth-order valence-electron chi connectivity index (χ4n) is 3.47. The maximum Gasteiger partial charge on any atom is 0.302 e. The van der Waals surface area contributed by atoms with Gasteiger partial charge in [0.05, 0.1) is 12.7 Å². The van der Waals surface area contributed by atoms with E-state index in [9.17, 15) is 25.2 Å². The molecule has 0 aliphatic heterocycles. The molecule has 0 spiro atoms. The number of fused-ring (bicyclic) bond motifs is 4. The molecule has 2 heterocycles. The summed E-state index contributed by atoms with van der Waals surface area (Å²) in [5.41, 5.74) is -0.974. The van der Waals surface area contributed by atoms with Gasteiger partial charge >= 0.3 is 5.78 Å². The van der Waals surface area contributed by atoms with Gasteiger partial charge in [-0.25, -0.2) is 0 Å². The highest BCUT2D eigenvalue weighted by molar-refractivity contribution is 6.09. The molecule has 29 heavy (non-hydrogen) atoms. The van der Waals surface area contributed by atoms with Crippen LogP contribution in [0.1, 0.15) is 25.8 Å². The van der Waals surface area contributed by atoms with E-state index in [-0.39, 0.29) is 51.4 Å². The largest absolute Gasteiger partial charge is 0.508 e. The Bertz CT molecular complexity index is 1320. The summed E-state index contributed by atoms with van der Waals surface area (Å²) in [5.74, 6) is -0.808. The highest BCUT2D eigenvalue weighted by Crippen LogP contribution is 2.42. The van der Waals surface area contributed by atoms with E-state index in [1.807, 2.05) is 0 Å². The third kappa shape index (κ3) is 3.01. The second-order valence-electron chi connectivity index (χ2n) is 7.63. The van der Waals surface area contributed by atoms with E-state index in [2.05, 4.69) is 0 Å². The zero-order valence-corrected chi connectivity index (χ0v) is 16.1. The molecule has 2 aromatic carbocycles. The lowest BCUT2D eigenvalue weighted by molar-refractivity contribution is 0.0713. The molecule has 0 radical (unpaired) electrons. The van der Waals surface area contributed by atoms with E-state index >= 15 is 0 Å². The Labute approximate surface area is 164 Å². The van der Waals surface area contributed by atoms with Gasteiger partial charge in [0.25, 0.3) is 0 Å². The molecule has 4 aromatic rings. The van der Waals surface area contributed by atoms with Gasteiger partial charge in [-0.3, -0.25) is 4.79 Å². The normalized spacial score (nSPS) is 12.3. The Morgan fingerprint density at radius 2 is 1.79 bits per heavy atom.